The summed E-state index contributed by atoms with van der Waals surface area (Å²) in [5, 5.41) is 3.53. The Hall–Kier alpha value is -0.830. The highest BCUT2D eigenvalue weighted by molar-refractivity contribution is 5.73. The van der Waals surface area contributed by atoms with Crippen LogP contribution in [0.4, 0.5) is 0 Å². The molecule has 0 aromatic heterocycles. The van der Waals surface area contributed by atoms with Gasteiger partial charge in [-0.25, -0.2) is 0 Å². The average Bonchev–Trinajstić information content (AvgIpc) is 2.25. The molecule has 0 aliphatic carbocycles. The summed E-state index contributed by atoms with van der Waals surface area (Å²) in [6, 6.07) is 0.603. The highest BCUT2D eigenvalue weighted by atomic mass is 16.2. The summed E-state index contributed by atoms with van der Waals surface area (Å²) in [7, 11) is 0. The minimum atomic E-state index is 0.211. The Kier molecular flexibility index (Phi) is 5.40. The molecule has 0 saturated carbocycles. The number of nitrogens with zero attached hydrogens (tertiary/aromatic N) is 1. The van der Waals surface area contributed by atoms with Crippen LogP contribution in [-0.2, 0) is 4.79 Å². The number of likely N-dealkylation sites (tertiary alicyclic amines) is 1. The number of hydrogen-bond donors (Lipinski definition) is 1. The van der Waals surface area contributed by atoms with E-state index in [0.717, 1.165) is 38.9 Å². The molecule has 1 saturated heterocycles. The van der Waals surface area contributed by atoms with Gasteiger partial charge in [-0.2, -0.15) is 0 Å². The maximum atomic E-state index is 11.1. The van der Waals surface area contributed by atoms with E-state index in [1.807, 2.05) is 11.8 Å². The van der Waals surface area contributed by atoms with Crippen molar-refractivity contribution in [3.63, 3.8) is 0 Å². The van der Waals surface area contributed by atoms with E-state index in [9.17, 15) is 4.79 Å². The Labute approximate surface area is 92.5 Å². The smallest absolute Gasteiger partial charge is 0.219 e. The Morgan fingerprint density at radius 3 is 2.67 bits per heavy atom. The molecular formula is C12H22N2O. The van der Waals surface area contributed by atoms with Gasteiger partial charge in [0.2, 0.25) is 5.91 Å². The fraction of sp³-hybridized carbons (Fsp3) is 0.750. The molecule has 0 unspecified atom stereocenters. The molecular weight excluding hydrogens is 188 g/mol. The summed E-state index contributed by atoms with van der Waals surface area (Å²) in [4.78, 5) is 13.0. The van der Waals surface area contributed by atoms with Gasteiger partial charge in [-0.3, -0.25) is 4.79 Å². The van der Waals surface area contributed by atoms with Crippen molar-refractivity contribution in [1.82, 2.24) is 10.2 Å². The standard InChI is InChI=1S/C12H22N2O/c1-3-4-5-8-13-12-6-9-14(10-7-12)11(2)15/h3-4,12-13H,5-10H2,1-2H3/b4-3+. The van der Waals surface area contributed by atoms with E-state index in [1.54, 1.807) is 6.92 Å². The molecule has 86 valence electrons. The topological polar surface area (TPSA) is 32.3 Å². The zero-order valence-electron chi connectivity index (χ0n) is 9.83. The Bertz CT molecular complexity index is 218. The SMILES string of the molecule is C/C=C/CCNC1CCN(C(C)=O)CC1. The summed E-state index contributed by atoms with van der Waals surface area (Å²) in [6.45, 7) is 6.58. The number of allylic oxidation sites excluding steroid dienone is 1. The van der Waals surface area contributed by atoms with Crippen LogP contribution in [0.25, 0.3) is 0 Å². The van der Waals surface area contributed by atoms with Gasteiger partial charge in [0.25, 0.3) is 0 Å². The lowest BCUT2D eigenvalue weighted by Gasteiger charge is -2.31. The molecule has 1 N–H and O–H groups in total. The van der Waals surface area contributed by atoms with E-state index in [0.29, 0.717) is 6.04 Å². The van der Waals surface area contributed by atoms with Crippen molar-refractivity contribution in [3.05, 3.63) is 12.2 Å². The van der Waals surface area contributed by atoms with E-state index in [4.69, 9.17) is 0 Å². The van der Waals surface area contributed by atoms with Crippen LogP contribution in [0, 0.1) is 0 Å². The lowest BCUT2D eigenvalue weighted by molar-refractivity contribution is -0.129. The maximum absolute atomic E-state index is 11.1. The largest absolute Gasteiger partial charge is 0.343 e. The van der Waals surface area contributed by atoms with Gasteiger partial charge in [0.15, 0.2) is 0 Å². The summed E-state index contributed by atoms with van der Waals surface area (Å²) in [6.07, 6.45) is 7.55. The number of hydrogen-bond acceptors (Lipinski definition) is 2. The van der Waals surface area contributed by atoms with Crippen molar-refractivity contribution in [3.8, 4) is 0 Å². The van der Waals surface area contributed by atoms with Crippen molar-refractivity contribution in [2.24, 2.45) is 0 Å². The predicted octanol–water partition coefficient (Wildman–Crippen LogP) is 1.55. The van der Waals surface area contributed by atoms with Crippen molar-refractivity contribution in [2.75, 3.05) is 19.6 Å². The normalized spacial score (nSPS) is 18.7. The fourth-order valence-electron chi connectivity index (χ4n) is 1.94. The number of rotatable bonds is 4. The Morgan fingerprint density at radius 1 is 1.47 bits per heavy atom. The predicted molar refractivity (Wildman–Crippen MR) is 62.7 cm³/mol. The van der Waals surface area contributed by atoms with E-state index in [1.165, 1.54) is 0 Å². The highest BCUT2D eigenvalue weighted by Crippen LogP contribution is 2.10. The maximum Gasteiger partial charge on any atom is 0.219 e. The van der Waals surface area contributed by atoms with Crippen LogP contribution < -0.4 is 5.32 Å². The number of nitrogens with one attached hydrogen (secondary N) is 1. The van der Waals surface area contributed by atoms with Gasteiger partial charge >= 0.3 is 0 Å². The first-order chi connectivity index (χ1) is 7.24. The second-order valence-electron chi connectivity index (χ2n) is 4.09. The number of amides is 1. The molecule has 0 aromatic carbocycles. The van der Waals surface area contributed by atoms with Gasteiger partial charge in [0.05, 0.1) is 0 Å². The lowest BCUT2D eigenvalue weighted by atomic mass is 10.1. The monoisotopic (exact) mass is 210 g/mol. The molecule has 0 atom stereocenters. The zero-order chi connectivity index (χ0) is 11.1. The minimum Gasteiger partial charge on any atom is -0.343 e. The van der Waals surface area contributed by atoms with Crippen molar-refractivity contribution in [1.29, 1.82) is 0 Å². The Morgan fingerprint density at radius 2 is 2.13 bits per heavy atom. The highest BCUT2D eigenvalue weighted by Gasteiger charge is 2.19. The molecule has 1 rings (SSSR count). The van der Waals surface area contributed by atoms with Crippen LogP contribution in [0.5, 0.6) is 0 Å². The summed E-state index contributed by atoms with van der Waals surface area (Å²) >= 11 is 0. The van der Waals surface area contributed by atoms with Gasteiger partial charge in [-0.05, 0) is 32.7 Å². The molecule has 0 spiro atoms. The van der Waals surface area contributed by atoms with Crippen LogP contribution >= 0.6 is 0 Å². The zero-order valence-corrected chi connectivity index (χ0v) is 9.83. The third kappa shape index (κ3) is 4.47. The van der Waals surface area contributed by atoms with Gasteiger partial charge in [-0.15, -0.1) is 0 Å². The van der Waals surface area contributed by atoms with Gasteiger partial charge in [0, 0.05) is 26.1 Å². The van der Waals surface area contributed by atoms with Crippen LogP contribution in [0.1, 0.15) is 33.1 Å². The molecule has 3 heteroatoms. The second-order valence-corrected chi connectivity index (χ2v) is 4.09. The molecule has 0 radical (unpaired) electrons. The van der Waals surface area contributed by atoms with Crippen LogP contribution in [0.3, 0.4) is 0 Å². The number of carbonyl (C=O) groups is 1. The quantitative estimate of drug-likeness (QED) is 0.564. The summed E-state index contributed by atoms with van der Waals surface area (Å²) in [5.74, 6) is 0.211. The summed E-state index contributed by atoms with van der Waals surface area (Å²) < 4.78 is 0. The fourth-order valence-corrected chi connectivity index (χ4v) is 1.94. The van der Waals surface area contributed by atoms with Gasteiger partial charge in [-0.1, -0.05) is 12.2 Å². The van der Waals surface area contributed by atoms with E-state index >= 15 is 0 Å². The first-order valence-electron chi connectivity index (χ1n) is 5.84. The van der Waals surface area contributed by atoms with Crippen molar-refractivity contribution in [2.45, 2.75) is 39.2 Å². The van der Waals surface area contributed by atoms with Crippen LogP contribution in [-0.4, -0.2) is 36.5 Å². The first kappa shape index (κ1) is 12.2. The van der Waals surface area contributed by atoms with E-state index < -0.39 is 0 Å². The molecule has 1 aliphatic heterocycles. The molecule has 1 amide bonds. The Balaban J connectivity index is 2.12. The third-order valence-electron chi connectivity index (χ3n) is 2.92. The summed E-state index contributed by atoms with van der Waals surface area (Å²) in [5.41, 5.74) is 0. The molecule has 1 aliphatic rings. The van der Waals surface area contributed by atoms with E-state index in [2.05, 4.69) is 17.5 Å². The number of carbonyl (C=O) groups excluding carboxylic acids is 1. The third-order valence-corrected chi connectivity index (χ3v) is 2.92. The molecule has 3 nitrogen and oxygen atoms in total. The molecule has 0 aromatic rings. The van der Waals surface area contributed by atoms with Crippen LogP contribution in [0.2, 0.25) is 0 Å². The molecule has 1 fully saturated rings. The molecule has 0 bridgehead atoms. The lowest BCUT2D eigenvalue weighted by Crippen LogP contribution is -2.44. The average molecular weight is 210 g/mol. The van der Waals surface area contributed by atoms with Crippen molar-refractivity contribution < 1.29 is 4.79 Å². The molecule has 15 heavy (non-hydrogen) atoms. The minimum absolute atomic E-state index is 0.211. The van der Waals surface area contributed by atoms with Crippen molar-refractivity contribution >= 4 is 5.91 Å². The first-order valence-corrected chi connectivity index (χ1v) is 5.84. The molecule has 1 heterocycles. The van der Waals surface area contributed by atoms with Gasteiger partial charge < -0.3 is 10.2 Å². The van der Waals surface area contributed by atoms with Gasteiger partial charge in [0.1, 0.15) is 0 Å². The van der Waals surface area contributed by atoms with E-state index in [-0.39, 0.29) is 5.91 Å². The van der Waals surface area contributed by atoms with Crippen LogP contribution in [0.15, 0.2) is 12.2 Å². The number of piperidine rings is 1. The second kappa shape index (κ2) is 6.62.